The van der Waals surface area contributed by atoms with Gasteiger partial charge in [-0.2, -0.15) is 0 Å². The van der Waals surface area contributed by atoms with Gasteiger partial charge in [0.1, 0.15) is 5.82 Å². The normalized spacial score (nSPS) is 20.0. The van der Waals surface area contributed by atoms with Crippen LogP contribution in [0.25, 0.3) is 0 Å². The van der Waals surface area contributed by atoms with Crippen LogP contribution in [0.3, 0.4) is 0 Å². The zero-order valence-electron chi connectivity index (χ0n) is 14.0. The molecule has 1 aliphatic carbocycles. The van der Waals surface area contributed by atoms with Crippen molar-refractivity contribution in [3.8, 4) is 0 Å². The third-order valence-corrected chi connectivity index (χ3v) is 5.18. The first-order valence-corrected chi connectivity index (χ1v) is 8.99. The largest absolute Gasteiger partial charge is 0.353 e. The van der Waals surface area contributed by atoms with Gasteiger partial charge in [0.25, 0.3) is 5.91 Å². The lowest BCUT2D eigenvalue weighted by molar-refractivity contribution is -0.126. The number of nitrogens with one attached hydrogen (secondary N) is 1. The van der Waals surface area contributed by atoms with Gasteiger partial charge in [-0.25, -0.2) is 4.39 Å². The van der Waals surface area contributed by atoms with Gasteiger partial charge < -0.3 is 10.2 Å². The lowest BCUT2D eigenvalue weighted by atomic mass is 9.88. The number of nitrogens with zero attached hydrogens (tertiary/aromatic N) is 1. The molecule has 5 heteroatoms. The molecular weight excluding hydrogens is 307 g/mol. The number of halogens is 1. The Morgan fingerprint density at radius 1 is 1.04 bits per heavy atom. The Hall–Kier alpha value is -1.91. The van der Waals surface area contributed by atoms with E-state index in [1.807, 2.05) is 0 Å². The molecule has 130 valence electrons. The molecule has 0 unspecified atom stereocenters. The van der Waals surface area contributed by atoms with Crippen molar-refractivity contribution in [2.45, 2.75) is 51.0 Å². The molecule has 2 amide bonds. The van der Waals surface area contributed by atoms with E-state index in [4.69, 9.17) is 0 Å². The zero-order chi connectivity index (χ0) is 16.9. The number of rotatable bonds is 3. The minimum Gasteiger partial charge on any atom is -0.353 e. The van der Waals surface area contributed by atoms with Crippen molar-refractivity contribution in [3.05, 3.63) is 35.6 Å². The number of carbonyl (C=O) groups excluding carboxylic acids is 2. The van der Waals surface area contributed by atoms with Crippen molar-refractivity contribution < 1.29 is 14.0 Å². The first kappa shape index (κ1) is 16.9. The Morgan fingerprint density at radius 2 is 1.75 bits per heavy atom. The molecule has 0 spiro atoms. The topological polar surface area (TPSA) is 49.4 Å². The summed E-state index contributed by atoms with van der Waals surface area (Å²) in [6, 6.07) is 5.96. The van der Waals surface area contributed by atoms with Crippen LogP contribution in [-0.2, 0) is 4.79 Å². The molecule has 0 aromatic heterocycles. The third-order valence-electron chi connectivity index (χ3n) is 5.18. The van der Waals surface area contributed by atoms with Crippen LogP contribution in [0, 0.1) is 11.7 Å². The van der Waals surface area contributed by atoms with Crippen LogP contribution < -0.4 is 5.32 Å². The van der Waals surface area contributed by atoms with Crippen LogP contribution in [0.15, 0.2) is 24.3 Å². The third kappa shape index (κ3) is 4.13. The number of amides is 2. The summed E-state index contributed by atoms with van der Waals surface area (Å²) in [5.74, 6) is -0.169. The Morgan fingerprint density at radius 3 is 2.42 bits per heavy atom. The van der Waals surface area contributed by atoms with Gasteiger partial charge >= 0.3 is 0 Å². The van der Waals surface area contributed by atoms with Crippen molar-refractivity contribution >= 4 is 11.8 Å². The first-order chi connectivity index (χ1) is 11.6. The summed E-state index contributed by atoms with van der Waals surface area (Å²) in [7, 11) is 0. The lowest BCUT2D eigenvalue weighted by Crippen LogP contribution is -2.48. The second-order valence-electron chi connectivity index (χ2n) is 6.92. The second-order valence-corrected chi connectivity index (χ2v) is 6.92. The number of piperidine rings is 1. The van der Waals surface area contributed by atoms with Crippen molar-refractivity contribution in [3.63, 3.8) is 0 Å². The minimum absolute atomic E-state index is 0.133. The summed E-state index contributed by atoms with van der Waals surface area (Å²) in [5.41, 5.74) is 0.389. The van der Waals surface area contributed by atoms with E-state index in [-0.39, 0.29) is 23.8 Å². The van der Waals surface area contributed by atoms with E-state index in [0.717, 1.165) is 38.5 Å². The molecule has 2 fully saturated rings. The summed E-state index contributed by atoms with van der Waals surface area (Å²) in [6.45, 7) is 1.20. The quantitative estimate of drug-likeness (QED) is 0.924. The van der Waals surface area contributed by atoms with E-state index < -0.39 is 5.82 Å². The maximum atomic E-state index is 13.3. The van der Waals surface area contributed by atoms with Gasteiger partial charge in [-0.15, -0.1) is 0 Å². The van der Waals surface area contributed by atoms with Crippen molar-refractivity contribution in [2.75, 3.05) is 13.1 Å². The van der Waals surface area contributed by atoms with Crippen LogP contribution in [-0.4, -0.2) is 35.8 Å². The Labute approximate surface area is 142 Å². The number of benzene rings is 1. The summed E-state index contributed by atoms with van der Waals surface area (Å²) < 4.78 is 13.3. The molecule has 1 aromatic carbocycles. The van der Waals surface area contributed by atoms with Crippen molar-refractivity contribution in [1.29, 1.82) is 0 Å². The summed E-state index contributed by atoms with van der Waals surface area (Å²) in [5, 5.41) is 3.16. The number of hydrogen-bond acceptors (Lipinski definition) is 2. The van der Waals surface area contributed by atoms with Gasteiger partial charge in [-0.05, 0) is 43.9 Å². The molecule has 4 nitrogen and oxygen atoms in total. The van der Waals surface area contributed by atoms with E-state index >= 15 is 0 Å². The fourth-order valence-corrected chi connectivity index (χ4v) is 3.71. The first-order valence-electron chi connectivity index (χ1n) is 8.99. The van der Waals surface area contributed by atoms with E-state index in [1.165, 1.54) is 18.6 Å². The SMILES string of the molecule is O=C(NC1CCN(C(=O)c2cccc(F)c2)CC1)C1CCCCC1. The monoisotopic (exact) mass is 332 g/mol. The van der Waals surface area contributed by atoms with Crippen LogP contribution in [0.5, 0.6) is 0 Å². The van der Waals surface area contributed by atoms with Crippen LogP contribution in [0.1, 0.15) is 55.3 Å². The number of likely N-dealkylation sites (tertiary alicyclic amines) is 1. The molecule has 1 N–H and O–H groups in total. The molecule has 1 aromatic rings. The summed E-state index contributed by atoms with van der Waals surface area (Å²) in [6.07, 6.45) is 7.08. The highest BCUT2D eigenvalue weighted by atomic mass is 19.1. The Kier molecular flexibility index (Phi) is 5.48. The summed E-state index contributed by atoms with van der Waals surface area (Å²) >= 11 is 0. The highest BCUT2D eigenvalue weighted by Crippen LogP contribution is 2.24. The number of carbonyl (C=O) groups is 2. The van der Waals surface area contributed by atoms with Crippen LogP contribution >= 0.6 is 0 Å². The smallest absolute Gasteiger partial charge is 0.253 e. The van der Waals surface area contributed by atoms with Crippen molar-refractivity contribution in [2.24, 2.45) is 5.92 Å². The minimum atomic E-state index is -0.393. The molecule has 3 rings (SSSR count). The molecule has 1 saturated heterocycles. The maximum Gasteiger partial charge on any atom is 0.253 e. The van der Waals surface area contributed by atoms with Gasteiger partial charge in [-0.3, -0.25) is 9.59 Å². The van der Waals surface area contributed by atoms with Crippen molar-refractivity contribution in [1.82, 2.24) is 10.2 Å². The highest BCUT2D eigenvalue weighted by molar-refractivity contribution is 5.94. The summed E-state index contributed by atoms with van der Waals surface area (Å²) in [4.78, 5) is 26.5. The van der Waals surface area contributed by atoms with Gasteiger partial charge in [0.15, 0.2) is 0 Å². The maximum absolute atomic E-state index is 13.3. The average Bonchev–Trinajstić information content (AvgIpc) is 2.62. The molecule has 1 heterocycles. The lowest BCUT2D eigenvalue weighted by Gasteiger charge is -2.33. The van der Waals surface area contributed by atoms with Gasteiger partial charge in [-0.1, -0.05) is 25.3 Å². The van der Waals surface area contributed by atoms with Gasteiger partial charge in [0.2, 0.25) is 5.91 Å². The van der Waals surface area contributed by atoms with Gasteiger partial charge in [0, 0.05) is 30.6 Å². The molecule has 1 saturated carbocycles. The standard InChI is InChI=1S/C19H25FN2O2/c20-16-8-4-7-15(13-16)19(24)22-11-9-17(10-12-22)21-18(23)14-5-2-1-3-6-14/h4,7-8,13-14,17H,1-3,5-6,9-12H2,(H,21,23). The molecule has 2 aliphatic rings. The second kappa shape index (κ2) is 7.77. The zero-order valence-corrected chi connectivity index (χ0v) is 14.0. The van der Waals surface area contributed by atoms with E-state index in [9.17, 15) is 14.0 Å². The molecule has 24 heavy (non-hydrogen) atoms. The van der Waals surface area contributed by atoms with Gasteiger partial charge in [0.05, 0.1) is 0 Å². The average molecular weight is 332 g/mol. The predicted molar refractivity (Wildman–Crippen MR) is 90.0 cm³/mol. The molecular formula is C19H25FN2O2. The fraction of sp³-hybridized carbons (Fsp3) is 0.579. The predicted octanol–water partition coefficient (Wildman–Crippen LogP) is 3.13. The fourth-order valence-electron chi connectivity index (χ4n) is 3.71. The Balaban J connectivity index is 1.48. The number of hydrogen-bond donors (Lipinski definition) is 1. The molecule has 0 bridgehead atoms. The van der Waals surface area contributed by atoms with E-state index in [0.29, 0.717) is 18.7 Å². The van der Waals surface area contributed by atoms with Crippen LogP contribution in [0.4, 0.5) is 4.39 Å². The molecule has 0 atom stereocenters. The molecule has 1 aliphatic heterocycles. The highest BCUT2D eigenvalue weighted by Gasteiger charge is 2.27. The van der Waals surface area contributed by atoms with E-state index in [2.05, 4.69) is 5.32 Å². The Bertz CT molecular complexity index is 591. The van der Waals surface area contributed by atoms with Crippen LogP contribution in [0.2, 0.25) is 0 Å². The van der Waals surface area contributed by atoms with E-state index in [1.54, 1.807) is 17.0 Å². The molecule has 0 radical (unpaired) electrons.